The Bertz CT molecular complexity index is 143. The quantitative estimate of drug-likeness (QED) is 0.501. The van der Waals surface area contributed by atoms with E-state index in [0.29, 0.717) is 0 Å². The molecule has 1 nitrogen and oxygen atoms in total. The van der Waals surface area contributed by atoms with Crippen LogP contribution in [0.25, 0.3) is 0 Å². The molecule has 1 rings (SSSR count). The number of nitrogens with one attached hydrogen (secondary N) is 1. The summed E-state index contributed by atoms with van der Waals surface area (Å²) in [4.78, 5) is 0. The van der Waals surface area contributed by atoms with E-state index in [9.17, 15) is 0 Å². The number of hydrogen-bond acceptors (Lipinski definition) is 1. The van der Waals surface area contributed by atoms with E-state index in [1.54, 1.807) is 5.57 Å². The Kier molecular flexibility index (Phi) is 4.37. The molecule has 1 aliphatic rings. The molecule has 12 heavy (non-hydrogen) atoms. The lowest BCUT2D eigenvalue weighted by atomic mass is 9.98. The predicted octanol–water partition coefficient (Wildman–Crippen LogP) is 2.73. The van der Waals surface area contributed by atoms with Crippen LogP contribution in [0.3, 0.4) is 0 Å². The first-order valence-corrected chi connectivity index (χ1v) is 5.16. The molecule has 0 aromatic heterocycles. The molecule has 0 aliphatic heterocycles. The summed E-state index contributed by atoms with van der Waals surface area (Å²) in [5.41, 5.74) is 1.63. The summed E-state index contributed by atoms with van der Waals surface area (Å²) >= 11 is 0. The highest BCUT2D eigenvalue weighted by atomic mass is 14.8. The molecule has 0 amide bonds. The van der Waals surface area contributed by atoms with Gasteiger partial charge in [0.05, 0.1) is 0 Å². The van der Waals surface area contributed by atoms with Gasteiger partial charge in [0.15, 0.2) is 0 Å². The second kappa shape index (κ2) is 5.36. The molecule has 0 spiro atoms. The minimum Gasteiger partial charge on any atom is -0.319 e. The first kappa shape index (κ1) is 9.79. The maximum Gasteiger partial charge on any atom is -0.00172 e. The zero-order valence-corrected chi connectivity index (χ0v) is 8.40. The molecule has 1 aliphatic carbocycles. The predicted molar refractivity (Wildman–Crippen MR) is 54.3 cm³/mol. The molecular formula is C11H21N. The zero-order chi connectivity index (χ0) is 8.81. The lowest BCUT2D eigenvalue weighted by Gasteiger charge is -2.09. The van der Waals surface area contributed by atoms with Crippen LogP contribution in [0, 0.1) is 5.92 Å². The molecule has 0 unspecified atom stereocenters. The molecule has 1 N–H and O–H groups in total. The second-order valence-electron chi connectivity index (χ2n) is 3.82. The van der Waals surface area contributed by atoms with E-state index < -0.39 is 0 Å². The number of hydrogen-bond donors (Lipinski definition) is 1. The second-order valence-corrected chi connectivity index (χ2v) is 3.82. The van der Waals surface area contributed by atoms with Gasteiger partial charge in [0.1, 0.15) is 0 Å². The summed E-state index contributed by atoms with van der Waals surface area (Å²) in [6.45, 7) is 3.41. The maximum atomic E-state index is 3.17. The van der Waals surface area contributed by atoms with Crippen molar-refractivity contribution in [2.24, 2.45) is 5.92 Å². The molecule has 1 heteroatoms. The van der Waals surface area contributed by atoms with Gasteiger partial charge >= 0.3 is 0 Å². The maximum absolute atomic E-state index is 3.17. The van der Waals surface area contributed by atoms with Crippen molar-refractivity contribution in [1.82, 2.24) is 5.32 Å². The smallest absolute Gasteiger partial charge is 0.00172 e. The Hall–Kier alpha value is -0.300. The monoisotopic (exact) mass is 167 g/mol. The Morgan fingerprint density at radius 3 is 2.67 bits per heavy atom. The van der Waals surface area contributed by atoms with Crippen molar-refractivity contribution in [3.8, 4) is 0 Å². The molecule has 0 heterocycles. The number of allylic oxidation sites excluding steroid dienone is 1. The van der Waals surface area contributed by atoms with Crippen LogP contribution in [0.5, 0.6) is 0 Å². The molecule has 0 atom stereocenters. The summed E-state index contributed by atoms with van der Waals surface area (Å²) in [5, 5.41) is 3.17. The first-order chi connectivity index (χ1) is 5.84. The van der Waals surface area contributed by atoms with Crippen LogP contribution in [0.1, 0.15) is 39.0 Å². The van der Waals surface area contributed by atoms with E-state index in [-0.39, 0.29) is 0 Å². The van der Waals surface area contributed by atoms with Crippen LogP contribution < -0.4 is 5.32 Å². The van der Waals surface area contributed by atoms with Gasteiger partial charge in [-0.1, -0.05) is 24.5 Å². The first-order valence-electron chi connectivity index (χ1n) is 5.16. The normalized spacial score (nSPS) is 20.3. The molecule has 0 aromatic carbocycles. The van der Waals surface area contributed by atoms with Gasteiger partial charge in [-0.3, -0.25) is 0 Å². The van der Waals surface area contributed by atoms with Gasteiger partial charge in [0, 0.05) is 0 Å². The van der Waals surface area contributed by atoms with Crippen LogP contribution in [0.2, 0.25) is 0 Å². The highest BCUT2D eigenvalue weighted by Crippen LogP contribution is 2.30. The lowest BCUT2D eigenvalue weighted by molar-refractivity contribution is 0.636. The van der Waals surface area contributed by atoms with Gasteiger partial charge < -0.3 is 5.32 Å². The Labute approximate surface area is 76.2 Å². The molecule has 1 saturated carbocycles. The molecule has 0 saturated heterocycles. The highest BCUT2D eigenvalue weighted by molar-refractivity contribution is 5.04. The van der Waals surface area contributed by atoms with Crippen molar-refractivity contribution in [3.05, 3.63) is 11.6 Å². The van der Waals surface area contributed by atoms with Gasteiger partial charge in [0.2, 0.25) is 0 Å². The van der Waals surface area contributed by atoms with Crippen LogP contribution in [-0.2, 0) is 0 Å². The van der Waals surface area contributed by atoms with Gasteiger partial charge in [-0.15, -0.1) is 0 Å². The highest BCUT2D eigenvalue weighted by Gasteiger charge is 2.15. The van der Waals surface area contributed by atoms with E-state index >= 15 is 0 Å². The van der Waals surface area contributed by atoms with E-state index in [1.165, 1.54) is 32.1 Å². The Morgan fingerprint density at radius 1 is 1.42 bits per heavy atom. The topological polar surface area (TPSA) is 12.0 Å². The SMILES string of the molecule is CNCCC=C(C)C1CCCC1. The van der Waals surface area contributed by atoms with Gasteiger partial charge in [0.25, 0.3) is 0 Å². The summed E-state index contributed by atoms with van der Waals surface area (Å²) in [7, 11) is 2.01. The third kappa shape index (κ3) is 2.98. The third-order valence-corrected chi connectivity index (χ3v) is 2.86. The van der Waals surface area contributed by atoms with E-state index in [4.69, 9.17) is 0 Å². The van der Waals surface area contributed by atoms with Crippen molar-refractivity contribution < 1.29 is 0 Å². The van der Waals surface area contributed by atoms with Crippen molar-refractivity contribution in [3.63, 3.8) is 0 Å². The van der Waals surface area contributed by atoms with E-state index in [0.717, 1.165) is 12.5 Å². The van der Waals surface area contributed by atoms with Crippen LogP contribution >= 0.6 is 0 Å². The lowest BCUT2D eigenvalue weighted by Crippen LogP contribution is -2.06. The summed E-state index contributed by atoms with van der Waals surface area (Å²) in [6, 6.07) is 0. The summed E-state index contributed by atoms with van der Waals surface area (Å²) < 4.78 is 0. The van der Waals surface area contributed by atoms with Crippen LogP contribution in [-0.4, -0.2) is 13.6 Å². The molecule has 70 valence electrons. The Balaban J connectivity index is 2.24. The fourth-order valence-corrected chi connectivity index (χ4v) is 1.99. The van der Waals surface area contributed by atoms with Crippen LogP contribution in [0.15, 0.2) is 11.6 Å². The fraction of sp³-hybridized carbons (Fsp3) is 0.818. The average molecular weight is 167 g/mol. The molecular weight excluding hydrogens is 146 g/mol. The van der Waals surface area contributed by atoms with Crippen LogP contribution in [0.4, 0.5) is 0 Å². The molecule has 0 radical (unpaired) electrons. The number of rotatable bonds is 4. The average Bonchev–Trinajstić information content (AvgIpc) is 2.56. The van der Waals surface area contributed by atoms with Crippen molar-refractivity contribution in [2.45, 2.75) is 39.0 Å². The minimum absolute atomic E-state index is 0.918. The fourth-order valence-electron chi connectivity index (χ4n) is 1.99. The standard InChI is InChI=1S/C11H21N/c1-10(6-5-9-12-2)11-7-3-4-8-11/h6,11-12H,3-5,7-9H2,1-2H3. The molecule has 0 bridgehead atoms. The van der Waals surface area contributed by atoms with Gasteiger partial charge in [-0.25, -0.2) is 0 Å². The molecule has 0 aromatic rings. The van der Waals surface area contributed by atoms with Gasteiger partial charge in [-0.2, -0.15) is 0 Å². The summed E-state index contributed by atoms with van der Waals surface area (Å²) in [5.74, 6) is 0.918. The summed E-state index contributed by atoms with van der Waals surface area (Å²) in [6.07, 6.45) is 9.36. The third-order valence-electron chi connectivity index (χ3n) is 2.86. The van der Waals surface area contributed by atoms with Gasteiger partial charge in [-0.05, 0) is 45.7 Å². The largest absolute Gasteiger partial charge is 0.319 e. The zero-order valence-electron chi connectivity index (χ0n) is 8.40. The van der Waals surface area contributed by atoms with E-state index in [2.05, 4.69) is 18.3 Å². The van der Waals surface area contributed by atoms with Crippen molar-refractivity contribution in [1.29, 1.82) is 0 Å². The Morgan fingerprint density at radius 2 is 2.08 bits per heavy atom. The minimum atomic E-state index is 0.918. The van der Waals surface area contributed by atoms with Crippen molar-refractivity contribution in [2.75, 3.05) is 13.6 Å². The molecule has 1 fully saturated rings. The van der Waals surface area contributed by atoms with Crippen molar-refractivity contribution >= 4 is 0 Å². The van der Waals surface area contributed by atoms with E-state index in [1.807, 2.05) is 7.05 Å².